The second-order valence-electron chi connectivity index (χ2n) is 6.49. The summed E-state index contributed by atoms with van der Waals surface area (Å²) in [5, 5.41) is 11.6. The van der Waals surface area contributed by atoms with Gasteiger partial charge in [-0.25, -0.2) is 8.42 Å². The summed E-state index contributed by atoms with van der Waals surface area (Å²) in [6.45, 7) is 6.22. The van der Waals surface area contributed by atoms with Crippen molar-refractivity contribution in [3.05, 3.63) is 23.2 Å². The van der Waals surface area contributed by atoms with Crippen LogP contribution in [0.15, 0.2) is 23.1 Å². The van der Waals surface area contributed by atoms with Crippen LogP contribution in [0.1, 0.15) is 25.8 Å². The number of rotatable bonds is 7. The first kappa shape index (κ1) is 20.5. The molecule has 0 bridgehead atoms. The van der Waals surface area contributed by atoms with Crippen LogP contribution < -0.4 is 19.5 Å². The van der Waals surface area contributed by atoms with E-state index in [0.29, 0.717) is 36.3 Å². The first-order chi connectivity index (χ1) is 13.3. The highest BCUT2D eigenvalue weighted by Gasteiger charge is 2.30. The van der Waals surface area contributed by atoms with E-state index in [1.165, 1.54) is 23.5 Å². The maximum absolute atomic E-state index is 12.8. The molecule has 11 heteroatoms. The van der Waals surface area contributed by atoms with Gasteiger partial charge in [0.05, 0.1) is 4.90 Å². The molecule has 9 nitrogen and oxygen atoms in total. The van der Waals surface area contributed by atoms with Gasteiger partial charge in [-0.1, -0.05) is 32.1 Å². The molecular weight excluding hydrogens is 404 g/mol. The molecule has 152 valence electrons. The fourth-order valence-corrected chi connectivity index (χ4v) is 4.59. The molecule has 2 heterocycles. The van der Waals surface area contributed by atoms with Crippen LogP contribution in [0.3, 0.4) is 0 Å². The number of hydrogen-bond acceptors (Lipinski definition) is 8. The Labute approximate surface area is 167 Å². The largest absolute Gasteiger partial charge is 0.486 e. The number of nitrogens with one attached hydrogen (secondary N) is 2. The molecule has 0 fully saturated rings. The van der Waals surface area contributed by atoms with Crippen LogP contribution in [0, 0.1) is 5.92 Å². The third-order valence-corrected chi connectivity index (χ3v) is 6.48. The summed E-state index contributed by atoms with van der Waals surface area (Å²) in [4.78, 5) is 12.6. The maximum Gasteiger partial charge on any atom is 0.244 e. The number of fused-ring (bicyclic) bond motifs is 1. The lowest BCUT2D eigenvalue weighted by Gasteiger charge is -2.22. The van der Waals surface area contributed by atoms with Gasteiger partial charge in [0.2, 0.25) is 21.1 Å². The number of benzene rings is 1. The summed E-state index contributed by atoms with van der Waals surface area (Å²) < 4.78 is 39.0. The maximum atomic E-state index is 12.8. The molecule has 1 amide bonds. The van der Waals surface area contributed by atoms with Crippen LogP contribution in [0.25, 0.3) is 0 Å². The minimum Gasteiger partial charge on any atom is -0.486 e. The fraction of sp³-hybridized carbons (Fsp3) is 0.471. The zero-order valence-electron chi connectivity index (χ0n) is 15.8. The van der Waals surface area contributed by atoms with E-state index in [0.717, 1.165) is 5.01 Å². The van der Waals surface area contributed by atoms with Crippen molar-refractivity contribution in [1.82, 2.24) is 14.9 Å². The zero-order valence-corrected chi connectivity index (χ0v) is 17.4. The summed E-state index contributed by atoms with van der Waals surface area (Å²) in [7, 11) is -3.95. The Morgan fingerprint density at radius 3 is 2.57 bits per heavy atom. The second kappa shape index (κ2) is 8.41. The van der Waals surface area contributed by atoms with E-state index in [4.69, 9.17) is 9.47 Å². The summed E-state index contributed by atoms with van der Waals surface area (Å²) in [6.07, 6.45) is 0.706. The lowest BCUT2D eigenvalue weighted by atomic mass is 10.1. The molecule has 0 aliphatic carbocycles. The number of ether oxygens (including phenoxy) is 2. The number of hydrogen-bond donors (Lipinski definition) is 2. The molecule has 2 aromatic rings. The van der Waals surface area contributed by atoms with Gasteiger partial charge >= 0.3 is 0 Å². The minimum atomic E-state index is -3.95. The summed E-state index contributed by atoms with van der Waals surface area (Å²) in [5.74, 6) is 0.0763. The Morgan fingerprint density at radius 2 is 1.93 bits per heavy atom. The molecule has 1 aliphatic heterocycles. The fourth-order valence-electron chi connectivity index (χ4n) is 2.55. The van der Waals surface area contributed by atoms with Crippen LogP contribution in [0.2, 0.25) is 0 Å². The number of amides is 1. The standard InChI is InChI=1S/C17H22N4O5S2/c1-4-14-19-20-17(27-14)18-16(22)15(10(2)3)21-28(23,24)11-5-6-12-13(9-11)26-8-7-25-12/h5-6,9-10,15,21H,4,7-8H2,1-3H3,(H,18,20,22)/t15-/m0/s1. The van der Waals surface area contributed by atoms with E-state index in [1.807, 2.05) is 6.92 Å². The third-order valence-electron chi connectivity index (χ3n) is 4.05. The lowest BCUT2D eigenvalue weighted by Crippen LogP contribution is -2.47. The highest BCUT2D eigenvalue weighted by Crippen LogP contribution is 2.32. The average Bonchev–Trinajstić information content (AvgIpc) is 3.13. The SMILES string of the molecule is CCc1nnc(NC(=O)[C@@H](NS(=O)(=O)c2ccc3c(c2)OCCO3)C(C)C)s1. The lowest BCUT2D eigenvalue weighted by molar-refractivity contribution is -0.118. The van der Waals surface area contributed by atoms with Gasteiger partial charge in [-0.2, -0.15) is 4.72 Å². The summed E-state index contributed by atoms with van der Waals surface area (Å²) >= 11 is 1.26. The number of anilines is 1. The van der Waals surface area contributed by atoms with Gasteiger partial charge in [0, 0.05) is 6.07 Å². The third kappa shape index (κ3) is 4.59. The number of carbonyl (C=O) groups is 1. The van der Waals surface area contributed by atoms with Gasteiger partial charge in [-0.15, -0.1) is 10.2 Å². The van der Waals surface area contributed by atoms with E-state index < -0.39 is 22.0 Å². The minimum absolute atomic E-state index is 0.000570. The molecule has 0 radical (unpaired) electrons. The average molecular weight is 427 g/mol. The summed E-state index contributed by atoms with van der Waals surface area (Å²) in [5.41, 5.74) is 0. The number of aryl methyl sites for hydroxylation is 1. The van der Waals surface area contributed by atoms with Crippen molar-refractivity contribution in [2.24, 2.45) is 5.92 Å². The van der Waals surface area contributed by atoms with Crippen molar-refractivity contribution in [2.45, 2.75) is 38.1 Å². The van der Waals surface area contributed by atoms with E-state index in [9.17, 15) is 13.2 Å². The van der Waals surface area contributed by atoms with Gasteiger partial charge in [0.25, 0.3) is 0 Å². The van der Waals surface area contributed by atoms with Crippen LogP contribution in [0.5, 0.6) is 11.5 Å². The van der Waals surface area contributed by atoms with Gasteiger partial charge in [0.1, 0.15) is 24.3 Å². The van der Waals surface area contributed by atoms with E-state index in [1.54, 1.807) is 19.9 Å². The molecular formula is C17H22N4O5S2. The molecule has 28 heavy (non-hydrogen) atoms. The zero-order chi connectivity index (χ0) is 20.3. The van der Waals surface area contributed by atoms with E-state index >= 15 is 0 Å². The van der Waals surface area contributed by atoms with Crippen molar-refractivity contribution in [2.75, 3.05) is 18.5 Å². The Kier molecular flexibility index (Phi) is 6.16. The van der Waals surface area contributed by atoms with Crippen molar-refractivity contribution >= 4 is 32.4 Å². The number of sulfonamides is 1. The summed E-state index contributed by atoms with van der Waals surface area (Å²) in [6, 6.07) is 3.38. The number of nitrogens with zero attached hydrogens (tertiary/aromatic N) is 2. The van der Waals surface area contributed by atoms with Gasteiger partial charge in [0.15, 0.2) is 11.5 Å². The van der Waals surface area contributed by atoms with E-state index in [2.05, 4.69) is 20.2 Å². The normalized spacial score (nSPS) is 14.7. The first-order valence-electron chi connectivity index (χ1n) is 8.85. The van der Waals surface area contributed by atoms with Crippen molar-refractivity contribution in [3.63, 3.8) is 0 Å². The van der Waals surface area contributed by atoms with Crippen LogP contribution in [-0.2, 0) is 21.2 Å². The first-order valence-corrected chi connectivity index (χ1v) is 11.2. The molecule has 0 saturated carbocycles. The molecule has 2 N–H and O–H groups in total. The predicted octanol–water partition coefficient (Wildman–Crippen LogP) is 1.81. The van der Waals surface area contributed by atoms with Crippen LogP contribution in [0.4, 0.5) is 5.13 Å². The highest BCUT2D eigenvalue weighted by molar-refractivity contribution is 7.89. The molecule has 0 unspecified atom stereocenters. The van der Waals surface area contributed by atoms with Gasteiger partial charge in [-0.3, -0.25) is 10.1 Å². The van der Waals surface area contributed by atoms with Crippen LogP contribution >= 0.6 is 11.3 Å². The van der Waals surface area contributed by atoms with Gasteiger partial charge in [-0.05, 0) is 24.5 Å². The highest BCUT2D eigenvalue weighted by atomic mass is 32.2. The Morgan fingerprint density at radius 1 is 1.21 bits per heavy atom. The molecule has 0 saturated heterocycles. The quantitative estimate of drug-likeness (QED) is 0.693. The number of aromatic nitrogens is 2. The Bertz CT molecular complexity index is 958. The molecule has 1 aliphatic rings. The topological polar surface area (TPSA) is 120 Å². The van der Waals surface area contributed by atoms with Crippen molar-refractivity contribution in [3.8, 4) is 11.5 Å². The molecule has 1 aromatic heterocycles. The molecule has 3 rings (SSSR count). The molecule has 1 atom stereocenters. The smallest absolute Gasteiger partial charge is 0.244 e. The monoisotopic (exact) mass is 426 g/mol. The molecule has 0 spiro atoms. The van der Waals surface area contributed by atoms with E-state index in [-0.39, 0.29) is 10.8 Å². The van der Waals surface area contributed by atoms with Crippen molar-refractivity contribution < 1.29 is 22.7 Å². The second-order valence-corrected chi connectivity index (χ2v) is 9.27. The Balaban J connectivity index is 1.77. The predicted molar refractivity (Wildman–Crippen MR) is 104 cm³/mol. The molecule has 1 aromatic carbocycles. The van der Waals surface area contributed by atoms with Gasteiger partial charge < -0.3 is 9.47 Å². The number of carbonyl (C=O) groups excluding carboxylic acids is 1. The van der Waals surface area contributed by atoms with Crippen LogP contribution in [-0.4, -0.2) is 43.8 Å². The van der Waals surface area contributed by atoms with Crippen molar-refractivity contribution in [1.29, 1.82) is 0 Å². The Hall–Kier alpha value is -2.24.